The van der Waals surface area contributed by atoms with Gasteiger partial charge in [0.2, 0.25) is 5.88 Å². The molecule has 106 valence electrons. The van der Waals surface area contributed by atoms with E-state index in [1.54, 1.807) is 6.20 Å². The Morgan fingerprint density at radius 3 is 2.75 bits per heavy atom. The lowest BCUT2D eigenvalue weighted by Crippen LogP contribution is -2.13. The number of aliphatic hydroxyl groups is 1. The van der Waals surface area contributed by atoms with E-state index < -0.39 is 0 Å². The van der Waals surface area contributed by atoms with E-state index in [9.17, 15) is 5.11 Å². The van der Waals surface area contributed by atoms with Crippen molar-refractivity contribution in [3.63, 3.8) is 0 Å². The number of aliphatic hydroxyl groups excluding tert-OH is 1. The molecule has 1 heterocycles. The molecule has 20 heavy (non-hydrogen) atoms. The lowest BCUT2D eigenvalue weighted by Gasteiger charge is -2.09. The third-order valence-corrected chi connectivity index (χ3v) is 2.91. The fourth-order valence-electron chi connectivity index (χ4n) is 1.83. The third-order valence-electron chi connectivity index (χ3n) is 2.91. The van der Waals surface area contributed by atoms with Gasteiger partial charge in [-0.25, -0.2) is 4.98 Å². The normalized spacial score (nSPS) is 10.5. The molecule has 4 heteroatoms. The number of aromatic nitrogens is 1. The van der Waals surface area contributed by atoms with E-state index in [0.29, 0.717) is 11.6 Å². The maximum absolute atomic E-state index is 9.25. The zero-order valence-corrected chi connectivity index (χ0v) is 11.7. The van der Waals surface area contributed by atoms with Gasteiger partial charge in [-0.2, -0.15) is 0 Å². The average Bonchev–Trinajstić information content (AvgIpc) is 2.50. The molecule has 2 rings (SSSR count). The van der Waals surface area contributed by atoms with Crippen LogP contribution in [0.4, 0.5) is 0 Å². The van der Waals surface area contributed by atoms with Crippen molar-refractivity contribution in [2.75, 3.05) is 6.54 Å². The van der Waals surface area contributed by atoms with E-state index in [1.165, 1.54) is 0 Å². The minimum atomic E-state index is -0.0464. The van der Waals surface area contributed by atoms with Crippen molar-refractivity contribution >= 4 is 0 Å². The molecule has 0 saturated carbocycles. The molecule has 0 aliphatic rings. The fourth-order valence-corrected chi connectivity index (χ4v) is 1.83. The number of nitrogens with zero attached hydrogens (tertiary/aromatic N) is 1. The van der Waals surface area contributed by atoms with E-state index in [-0.39, 0.29) is 6.61 Å². The number of nitrogens with one attached hydrogen (secondary N) is 1. The van der Waals surface area contributed by atoms with Crippen LogP contribution < -0.4 is 10.1 Å². The molecule has 0 aliphatic carbocycles. The molecule has 0 unspecified atom stereocenters. The summed E-state index contributed by atoms with van der Waals surface area (Å²) in [5.41, 5.74) is 1.88. The Balaban J connectivity index is 1.99. The summed E-state index contributed by atoms with van der Waals surface area (Å²) in [6.07, 6.45) is 2.92. The Bertz CT molecular complexity index is 526. The summed E-state index contributed by atoms with van der Waals surface area (Å²) in [5, 5.41) is 12.6. The Labute approximate surface area is 119 Å². The van der Waals surface area contributed by atoms with Gasteiger partial charge in [-0.1, -0.05) is 31.2 Å². The SMILES string of the molecule is CCCNCc1ccc(Oc2ccccc2CO)nc1. The van der Waals surface area contributed by atoms with Gasteiger partial charge in [0.25, 0.3) is 0 Å². The first-order chi connectivity index (χ1) is 9.83. The Hall–Kier alpha value is -1.91. The van der Waals surface area contributed by atoms with Gasteiger partial charge in [-0.05, 0) is 24.6 Å². The molecule has 0 spiro atoms. The predicted molar refractivity (Wildman–Crippen MR) is 78.7 cm³/mol. The molecule has 0 aliphatic heterocycles. The van der Waals surface area contributed by atoms with Crippen molar-refractivity contribution in [1.82, 2.24) is 10.3 Å². The van der Waals surface area contributed by atoms with Crippen LogP contribution in [0.25, 0.3) is 0 Å². The summed E-state index contributed by atoms with van der Waals surface area (Å²) < 4.78 is 5.69. The van der Waals surface area contributed by atoms with Crippen molar-refractivity contribution in [3.8, 4) is 11.6 Å². The van der Waals surface area contributed by atoms with Gasteiger partial charge in [-0.15, -0.1) is 0 Å². The Morgan fingerprint density at radius 1 is 1.20 bits per heavy atom. The van der Waals surface area contributed by atoms with Gasteiger partial charge in [0.1, 0.15) is 5.75 Å². The molecule has 0 fully saturated rings. The first-order valence-corrected chi connectivity index (χ1v) is 6.85. The minimum absolute atomic E-state index is 0.0464. The third kappa shape index (κ3) is 4.05. The van der Waals surface area contributed by atoms with Crippen molar-refractivity contribution < 1.29 is 9.84 Å². The van der Waals surface area contributed by atoms with E-state index in [1.807, 2.05) is 36.4 Å². The molecule has 2 aromatic rings. The number of hydrogen-bond acceptors (Lipinski definition) is 4. The minimum Gasteiger partial charge on any atom is -0.439 e. The highest BCUT2D eigenvalue weighted by molar-refractivity contribution is 5.35. The van der Waals surface area contributed by atoms with Crippen LogP contribution in [0, 0.1) is 0 Å². The monoisotopic (exact) mass is 272 g/mol. The predicted octanol–water partition coefficient (Wildman–Crippen LogP) is 2.87. The summed E-state index contributed by atoms with van der Waals surface area (Å²) in [5.74, 6) is 1.17. The van der Waals surface area contributed by atoms with Gasteiger partial charge >= 0.3 is 0 Å². The summed E-state index contributed by atoms with van der Waals surface area (Å²) >= 11 is 0. The summed E-state index contributed by atoms with van der Waals surface area (Å²) in [6.45, 7) is 3.91. The molecule has 1 aromatic heterocycles. The number of ether oxygens (including phenoxy) is 1. The number of benzene rings is 1. The molecular formula is C16H20N2O2. The van der Waals surface area contributed by atoms with Crippen LogP contribution in [0.5, 0.6) is 11.6 Å². The highest BCUT2D eigenvalue weighted by Gasteiger charge is 2.04. The van der Waals surface area contributed by atoms with Crippen LogP contribution in [0.2, 0.25) is 0 Å². The Kier molecular flexibility index (Phi) is 5.53. The van der Waals surface area contributed by atoms with Crippen LogP contribution in [0.1, 0.15) is 24.5 Å². The van der Waals surface area contributed by atoms with Gasteiger partial charge in [0.05, 0.1) is 6.61 Å². The lowest BCUT2D eigenvalue weighted by atomic mass is 10.2. The van der Waals surface area contributed by atoms with Crippen molar-refractivity contribution in [2.24, 2.45) is 0 Å². The average molecular weight is 272 g/mol. The molecule has 0 radical (unpaired) electrons. The van der Waals surface area contributed by atoms with Crippen LogP contribution in [-0.2, 0) is 13.2 Å². The van der Waals surface area contributed by atoms with Gasteiger partial charge in [0, 0.05) is 24.4 Å². The zero-order valence-electron chi connectivity index (χ0n) is 11.7. The Morgan fingerprint density at radius 2 is 2.05 bits per heavy atom. The maximum atomic E-state index is 9.25. The summed E-state index contributed by atoms with van der Waals surface area (Å²) in [4.78, 5) is 4.28. The van der Waals surface area contributed by atoms with Crippen LogP contribution in [0.15, 0.2) is 42.6 Å². The fraction of sp³-hybridized carbons (Fsp3) is 0.312. The molecule has 0 bridgehead atoms. The highest BCUT2D eigenvalue weighted by atomic mass is 16.5. The number of rotatable bonds is 7. The standard InChI is InChI=1S/C16H20N2O2/c1-2-9-17-10-13-7-8-16(18-11-13)20-15-6-4-3-5-14(15)12-19/h3-8,11,17,19H,2,9-10,12H2,1H3. The van der Waals surface area contributed by atoms with E-state index in [4.69, 9.17) is 4.74 Å². The second-order valence-corrected chi connectivity index (χ2v) is 4.55. The van der Waals surface area contributed by atoms with Crippen molar-refractivity contribution in [1.29, 1.82) is 0 Å². The van der Waals surface area contributed by atoms with E-state index in [0.717, 1.165) is 30.6 Å². The smallest absolute Gasteiger partial charge is 0.219 e. The summed E-state index contributed by atoms with van der Waals surface area (Å²) in [6, 6.07) is 11.2. The first-order valence-electron chi connectivity index (χ1n) is 6.85. The zero-order chi connectivity index (χ0) is 14.2. The van der Waals surface area contributed by atoms with E-state index in [2.05, 4.69) is 17.2 Å². The van der Waals surface area contributed by atoms with Crippen LogP contribution in [0.3, 0.4) is 0 Å². The van der Waals surface area contributed by atoms with Gasteiger partial charge < -0.3 is 15.2 Å². The summed E-state index contributed by atoms with van der Waals surface area (Å²) in [7, 11) is 0. The van der Waals surface area contributed by atoms with Crippen LogP contribution in [-0.4, -0.2) is 16.6 Å². The largest absolute Gasteiger partial charge is 0.439 e. The first kappa shape index (κ1) is 14.5. The molecule has 4 nitrogen and oxygen atoms in total. The number of pyridine rings is 1. The molecule has 0 atom stereocenters. The molecule has 2 N–H and O–H groups in total. The molecular weight excluding hydrogens is 252 g/mol. The van der Waals surface area contributed by atoms with Gasteiger partial charge in [-0.3, -0.25) is 0 Å². The molecule has 0 amide bonds. The molecule has 0 saturated heterocycles. The van der Waals surface area contributed by atoms with Gasteiger partial charge in [0.15, 0.2) is 0 Å². The van der Waals surface area contributed by atoms with Crippen molar-refractivity contribution in [3.05, 3.63) is 53.7 Å². The van der Waals surface area contributed by atoms with Crippen molar-refractivity contribution in [2.45, 2.75) is 26.5 Å². The van der Waals surface area contributed by atoms with Crippen LogP contribution >= 0.6 is 0 Å². The lowest BCUT2D eigenvalue weighted by molar-refractivity contribution is 0.276. The maximum Gasteiger partial charge on any atom is 0.219 e. The quantitative estimate of drug-likeness (QED) is 0.761. The highest BCUT2D eigenvalue weighted by Crippen LogP contribution is 2.23. The number of para-hydroxylation sites is 1. The van der Waals surface area contributed by atoms with E-state index >= 15 is 0 Å². The number of hydrogen-bond donors (Lipinski definition) is 2. The molecule has 1 aromatic carbocycles. The topological polar surface area (TPSA) is 54.4 Å². The second-order valence-electron chi connectivity index (χ2n) is 4.55. The second kappa shape index (κ2) is 7.62.